The second-order valence-corrected chi connectivity index (χ2v) is 5.42. The van der Waals surface area contributed by atoms with Crippen LogP contribution < -0.4 is 16.0 Å². The lowest BCUT2D eigenvalue weighted by atomic mass is 10.0. The van der Waals surface area contributed by atoms with Crippen LogP contribution in [0.1, 0.15) is 40.0 Å². The lowest BCUT2D eigenvalue weighted by molar-refractivity contribution is -0.142. The van der Waals surface area contributed by atoms with Gasteiger partial charge in [0.2, 0.25) is 17.7 Å². The van der Waals surface area contributed by atoms with E-state index in [0.29, 0.717) is 13.0 Å². The number of hydrogen-bond acceptors (Lipinski definition) is 4. The maximum atomic E-state index is 11.7. The molecule has 3 amide bonds. The van der Waals surface area contributed by atoms with Crippen LogP contribution in [0.2, 0.25) is 0 Å². The highest BCUT2D eigenvalue weighted by atomic mass is 16.4. The van der Waals surface area contributed by atoms with E-state index in [4.69, 9.17) is 5.11 Å². The number of carbonyl (C=O) groups is 4. The predicted octanol–water partition coefficient (Wildman–Crippen LogP) is -0.366. The molecule has 0 saturated heterocycles. The summed E-state index contributed by atoms with van der Waals surface area (Å²) in [5.74, 6) is -1.92. The summed E-state index contributed by atoms with van der Waals surface area (Å²) in [4.78, 5) is 44.7. The van der Waals surface area contributed by atoms with Crippen molar-refractivity contribution in [3.8, 4) is 0 Å². The minimum atomic E-state index is -1.08. The van der Waals surface area contributed by atoms with Crippen LogP contribution in [0.3, 0.4) is 0 Å². The summed E-state index contributed by atoms with van der Waals surface area (Å²) in [6, 6.07) is -0.935. The Morgan fingerprint density at radius 1 is 0.955 bits per heavy atom. The van der Waals surface area contributed by atoms with Crippen molar-refractivity contribution < 1.29 is 24.3 Å². The van der Waals surface area contributed by atoms with Gasteiger partial charge in [-0.25, -0.2) is 4.79 Å². The first kappa shape index (κ1) is 19.9. The Morgan fingerprint density at radius 2 is 1.50 bits per heavy atom. The maximum absolute atomic E-state index is 11.7. The Kier molecular flexibility index (Phi) is 9.56. The van der Waals surface area contributed by atoms with E-state index < -0.39 is 17.9 Å². The molecule has 8 nitrogen and oxygen atoms in total. The molecule has 0 fully saturated rings. The highest BCUT2D eigenvalue weighted by molar-refractivity contribution is 5.86. The molecule has 8 heteroatoms. The van der Waals surface area contributed by atoms with Crippen molar-refractivity contribution >= 4 is 23.7 Å². The third-order valence-electron chi connectivity index (χ3n) is 2.74. The minimum absolute atomic E-state index is 0.0279. The van der Waals surface area contributed by atoms with Gasteiger partial charge in [-0.2, -0.15) is 0 Å². The predicted molar refractivity (Wildman–Crippen MR) is 79.9 cm³/mol. The Hall–Kier alpha value is -2.12. The summed E-state index contributed by atoms with van der Waals surface area (Å²) in [5, 5.41) is 16.5. The summed E-state index contributed by atoms with van der Waals surface area (Å²) in [6.07, 6.45) is 0.234. The average molecular weight is 315 g/mol. The molecule has 0 heterocycles. The molecule has 0 aromatic rings. The van der Waals surface area contributed by atoms with Crippen molar-refractivity contribution in [1.82, 2.24) is 16.0 Å². The van der Waals surface area contributed by atoms with Crippen molar-refractivity contribution in [1.29, 1.82) is 0 Å². The molecule has 4 N–H and O–H groups in total. The molecule has 0 aliphatic carbocycles. The van der Waals surface area contributed by atoms with Crippen molar-refractivity contribution in [2.75, 3.05) is 13.1 Å². The standard InChI is InChI=1S/C14H25N3O5/c1-9(2)8-11(14(21)22)17-13(20)5-4-12(19)16-7-6-15-10(3)18/h9,11H,4-8H2,1-3H3,(H,15,18)(H,16,19)(H,17,20)(H,21,22)/t11-/m1/s1. The van der Waals surface area contributed by atoms with Crippen LogP contribution in [-0.2, 0) is 19.2 Å². The largest absolute Gasteiger partial charge is 0.480 e. The highest BCUT2D eigenvalue weighted by Gasteiger charge is 2.21. The number of rotatable bonds is 10. The van der Waals surface area contributed by atoms with E-state index in [9.17, 15) is 19.2 Å². The second-order valence-electron chi connectivity index (χ2n) is 5.42. The lowest BCUT2D eigenvalue weighted by Gasteiger charge is -2.16. The summed E-state index contributed by atoms with van der Waals surface area (Å²) in [5.41, 5.74) is 0. The molecule has 126 valence electrons. The minimum Gasteiger partial charge on any atom is -0.480 e. The molecule has 0 bridgehead atoms. The molecule has 0 aromatic carbocycles. The van der Waals surface area contributed by atoms with Crippen LogP contribution in [0.4, 0.5) is 0 Å². The van der Waals surface area contributed by atoms with E-state index >= 15 is 0 Å². The Morgan fingerprint density at radius 3 is 2.00 bits per heavy atom. The first-order valence-corrected chi connectivity index (χ1v) is 7.25. The molecule has 0 unspecified atom stereocenters. The van der Waals surface area contributed by atoms with Gasteiger partial charge in [-0.3, -0.25) is 14.4 Å². The van der Waals surface area contributed by atoms with Gasteiger partial charge in [-0.05, 0) is 12.3 Å². The Labute approximate surface area is 130 Å². The van der Waals surface area contributed by atoms with Crippen LogP contribution in [0.25, 0.3) is 0 Å². The quantitative estimate of drug-likeness (QED) is 0.410. The summed E-state index contributed by atoms with van der Waals surface area (Å²) in [6.45, 7) is 5.71. The normalized spacial score (nSPS) is 11.6. The molecule has 0 rings (SSSR count). The van der Waals surface area contributed by atoms with Crippen molar-refractivity contribution in [3.63, 3.8) is 0 Å². The van der Waals surface area contributed by atoms with Crippen LogP contribution in [0.5, 0.6) is 0 Å². The van der Waals surface area contributed by atoms with E-state index in [1.165, 1.54) is 6.92 Å². The van der Waals surface area contributed by atoms with Crippen LogP contribution in [0.15, 0.2) is 0 Å². The third-order valence-corrected chi connectivity index (χ3v) is 2.74. The summed E-state index contributed by atoms with van der Waals surface area (Å²) in [7, 11) is 0. The van der Waals surface area contributed by atoms with E-state index in [1.54, 1.807) is 0 Å². The highest BCUT2D eigenvalue weighted by Crippen LogP contribution is 2.05. The Bertz CT molecular complexity index is 409. The van der Waals surface area contributed by atoms with Gasteiger partial charge in [0, 0.05) is 32.9 Å². The molecule has 0 aliphatic rings. The van der Waals surface area contributed by atoms with Crippen LogP contribution in [-0.4, -0.2) is 47.9 Å². The van der Waals surface area contributed by atoms with E-state index in [-0.39, 0.29) is 37.1 Å². The van der Waals surface area contributed by atoms with Gasteiger partial charge in [0.1, 0.15) is 6.04 Å². The Balaban J connectivity index is 3.98. The van der Waals surface area contributed by atoms with E-state index in [2.05, 4.69) is 16.0 Å². The maximum Gasteiger partial charge on any atom is 0.326 e. The number of nitrogens with one attached hydrogen (secondary N) is 3. The third kappa shape index (κ3) is 10.6. The molecular weight excluding hydrogens is 290 g/mol. The van der Waals surface area contributed by atoms with Gasteiger partial charge < -0.3 is 21.1 Å². The summed E-state index contributed by atoms with van der Waals surface area (Å²) >= 11 is 0. The first-order chi connectivity index (χ1) is 10.2. The number of carbonyl (C=O) groups excluding carboxylic acids is 3. The summed E-state index contributed by atoms with van der Waals surface area (Å²) < 4.78 is 0. The zero-order chi connectivity index (χ0) is 17.1. The molecular formula is C14H25N3O5. The first-order valence-electron chi connectivity index (χ1n) is 7.25. The zero-order valence-corrected chi connectivity index (χ0v) is 13.3. The van der Waals surface area contributed by atoms with Gasteiger partial charge in [-0.15, -0.1) is 0 Å². The molecule has 1 atom stereocenters. The fraction of sp³-hybridized carbons (Fsp3) is 0.714. The van der Waals surface area contributed by atoms with Crippen molar-refractivity contribution in [2.24, 2.45) is 5.92 Å². The van der Waals surface area contributed by atoms with Gasteiger partial charge in [-0.1, -0.05) is 13.8 Å². The van der Waals surface area contributed by atoms with Gasteiger partial charge in [0.25, 0.3) is 0 Å². The number of aliphatic carboxylic acids is 1. The van der Waals surface area contributed by atoms with Gasteiger partial charge >= 0.3 is 5.97 Å². The molecule has 0 saturated carbocycles. The molecule has 0 aromatic heterocycles. The smallest absolute Gasteiger partial charge is 0.326 e. The van der Waals surface area contributed by atoms with Crippen molar-refractivity contribution in [3.05, 3.63) is 0 Å². The fourth-order valence-corrected chi connectivity index (χ4v) is 1.72. The van der Waals surface area contributed by atoms with Gasteiger partial charge in [0.05, 0.1) is 0 Å². The van der Waals surface area contributed by atoms with Crippen LogP contribution >= 0.6 is 0 Å². The molecule has 0 spiro atoms. The van der Waals surface area contributed by atoms with Crippen molar-refractivity contribution in [2.45, 2.75) is 46.1 Å². The van der Waals surface area contributed by atoms with E-state index in [0.717, 1.165) is 0 Å². The van der Waals surface area contributed by atoms with E-state index in [1.807, 2.05) is 13.8 Å². The van der Waals surface area contributed by atoms with Crippen LogP contribution in [0, 0.1) is 5.92 Å². The number of hydrogen-bond donors (Lipinski definition) is 4. The number of carboxylic acids is 1. The zero-order valence-electron chi connectivity index (χ0n) is 13.3. The van der Waals surface area contributed by atoms with Gasteiger partial charge in [0.15, 0.2) is 0 Å². The fourth-order valence-electron chi connectivity index (χ4n) is 1.72. The topological polar surface area (TPSA) is 125 Å². The molecule has 0 aliphatic heterocycles. The number of amides is 3. The monoisotopic (exact) mass is 315 g/mol. The molecule has 22 heavy (non-hydrogen) atoms. The number of carboxylic acid groups (broad SMARTS) is 1. The lowest BCUT2D eigenvalue weighted by Crippen LogP contribution is -2.42. The SMILES string of the molecule is CC(=O)NCCNC(=O)CCC(=O)N[C@H](CC(C)C)C(=O)O. The second kappa shape index (κ2) is 10.6. The average Bonchev–Trinajstić information content (AvgIpc) is 2.39. The molecule has 0 radical (unpaired) electrons.